The summed E-state index contributed by atoms with van der Waals surface area (Å²) in [6, 6.07) is 10.4. The van der Waals surface area contributed by atoms with Gasteiger partial charge in [0.1, 0.15) is 5.54 Å². The largest absolute Gasteiger partial charge is 0.322 e. The lowest BCUT2D eigenvalue weighted by Gasteiger charge is -2.22. The first-order chi connectivity index (χ1) is 14.9. The Morgan fingerprint density at radius 2 is 1.53 bits per heavy atom. The van der Waals surface area contributed by atoms with Gasteiger partial charge in [-0.25, -0.2) is 21.6 Å². The molecule has 0 saturated carbocycles. The Hall–Kier alpha value is -2.96. The Morgan fingerprint density at radius 3 is 2.06 bits per heavy atom. The van der Waals surface area contributed by atoms with E-state index < -0.39 is 37.5 Å². The van der Waals surface area contributed by atoms with Crippen LogP contribution in [0.4, 0.5) is 10.5 Å². The Bertz CT molecular complexity index is 1260. The number of nitrogens with zero attached hydrogens (tertiary/aromatic N) is 1. The summed E-state index contributed by atoms with van der Waals surface area (Å²) in [5.41, 5.74) is -0.766. The number of anilines is 1. The summed E-state index contributed by atoms with van der Waals surface area (Å²) in [7, 11) is -7.75. The van der Waals surface area contributed by atoms with Crippen LogP contribution < -0.4 is 15.4 Å². The Labute approximate surface area is 187 Å². The minimum Gasteiger partial charge on any atom is -0.320 e. The van der Waals surface area contributed by atoms with E-state index in [4.69, 9.17) is 0 Å². The van der Waals surface area contributed by atoms with Gasteiger partial charge in [0.2, 0.25) is 10.0 Å². The van der Waals surface area contributed by atoms with Crippen LogP contribution in [0.1, 0.15) is 26.3 Å². The van der Waals surface area contributed by atoms with Crippen molar-refractivity contribution in [2.24, 2.45) is 0 Å². The number of urea groups is 1. The molecule has 0 spiro atoms. The Balaban J connectivity index is 1.86. The highest BCUT2D eigenvalue weighted by atomic mass is 32.2. The number of imide groups is 1. The molecule has 1 heterocycles. The van der Waals surface area contributed by atoms with E-state index >= 15 is 0 Å². The molecule has 10 nitrogen and oxygen atoms in total. The molecule has 172 valence electrons. The topological polar surface area (TPSA) is 142 Å². The molecule has 3 rings (SSSR count). The second-order valence-electron chi connectivity index (χ2n) is 7.28. The van der Waals surface area contributed by atoms with Crippen LogP contribution >= 0.6 is 0 Å². The molecule has 1 fully saturated rings. The Kier molecular flexibility index (Phi) is 6.31. The first-order valence-corrected chi connectivity index (χ1v) is 12.7. The van der Waals surface area contributed by atoms with Gasteiger partial charge in [-0.1, -0.05) is 26.0 Å². The van der Waals surface area contributed by atoms with Crippen LogP contribution in [0, 0.1) is 0 Å². The SMILES string of the molecule is CCN(CC)S(=O)(=O)c1ccc(S(=O)(=O)Nc2cccc([C@@]3(C)NC(=O)NC3=O)c2)cc1. The van der Waals surface area contributed by atoms with Crippen LogP contribution in [0.5, 0.6) is 0 Å². The van der Waals surface area contributed by atoms with Crippen molar-refractivity contribution in [2.45, 2.75) is 36.1 Å². The van der Waals surface area contributed by atoms with Gasteiger partial charge in [-0.15, -0.1) is 0 Å². The number of benzene rings is 2. The number of hydrogen-bond donors (Lipinski definition) is 3. The van der Waals surface area contributed by atoms with Crippen LogP contribution in [0.3, 0.4) is 0 Å². The molecule has 0 unspecified atom stereocenters. The van der Waals surface area contributed by atoms with Crippen LogP contribution in [-0.4, -0.2) is 46.2 Å². The van der Waals surface area contributed by atoms with Crippen molar-refractivity contribution < 1.29 is 26.4 Å². The number of carbonyl (C=O) groups is 2. The lowest BCUT2D eigenvalue weighted by Crippen LogP contribution is -2.40. The highest BCUT2D eigenvalue weighted by Crippen LogP contribution is 2.28. The van der Waals surface area contributed by atoms with E-state index in [-0.39, 0.29) is 15.5 Å². The third-order valence-corrected chi connectivity index (χ3v) is 8.68. The van der Waals surface area contributed by atoms with E-state index in [0.717, 1.165) is 0 Å². The summed E-state index contributed by atoms with van der Waals surface area (Å²) in [6.45, 7) is 5.55. The summed E-state index contributed by atoms with van der Waals surface area (Å²) in [4.78, 5) is 23.5. The second-order valence-corrected chi connectivity index (χ2v) is 10.9. The van der Waals surface area contributed by atoms with Crippen molar-refractivity contribution in [3.63, 3.8) is 0 Å². The van der Waals surface area contributed by atoms with Gasteiger partial charge >= 0.3 is 6.03 Å². The standard InChI is InChI=1S/C20H24N4O6S2/c1-4-24(5-2)32(29,30)17-11-9-16(10-12-17)31(27,28)23-15-8-6-7-14(13-15)20(3)18(25)21-19(26)22-20/h6-13,23H,4-5H2,1-3H3,(H2,21,22,25,26)/t20-/m1/s1. The van der Waals surface area contributed by atoms with Gasteiger partial charge in [0.05, 0.1) is 9.79 Å². The first-order valence-electron chi connectivity index (χ1n) is 9.81. The maximum Gasteiger partial charge on any atom is 0.322 e. The zero-order valence-electron chi connectivity index (χ0n) is 17.7. The van der Waals surface area contributed by atoms with Crippen LogP contribution in [-0.2, 0) is 30.4 Å². The summed E-state index contributed by atoms with van der Waals surface area (Å²) < 4.78 is 54.5. The molecular formula is C20H24N4O6S2. The summed E-state index contributed by atoms with van der Waals surface area (Å²) in [6.07, 6.45) is 0. The smallest absolute Gasteiger partial charge is 0.320 e. The van der Waals surface area contributed by atoms with Gasteiger partial charge in [0.15, 0.2) is 0 Å². The van der Waals surface area contributed by atoms with Gasteiger partial charge in [0, 0.05) is 18.8 Å². The second kappa shape index (κ2) is 8.52. The molecule has 2 aromatic carbocycles. The molecule has 0 aromatic heterocycles. The quantitative estimate of drug-likeness (QED) is 0.490. The summed E-state index contributed by atoms with van der Waals surface area (Å²) >= 11 is 0. The van der Waals surface area contributed by atoms with Crippen molar-refractivity contribution in [3.8, 4) is 0 Å². The van der Waals surface area contributed by atoms with E-state index in [1.54, 1.807) is 26.0 Å². The number of amides is 3. The number of carbonyl (C=O) groups excluding carboxylic acids is 2. The Morgan fingerprint density at radius 1 is 0.938 bits per heavy atom. The molecule has 12 heteroatoms. The van der Waals surface area contributed by atoms with E-state index in [0.29, 0.717) is 18.7 Å². The normalized spacial score (nSPS) is 19.0. The molecule has 2 aromatic rings. The fourth-order valence-electron chi connectivity index (χ4n) is 3.36. The van der Waals surface area contributed by atoms with Crippen LogP contribution in [0.25, 0.3) is 0 Å². The molecular weight excluding hydrogens is 456 g/mol. The number of nitrogens with one attached hydrogen (secondary N) is 3. The van der Waals surface area contributed by atoms with Crippen molar-refractivity contribution >= 4 is 37.7 Å². The van der Waals surface area contributed by atoms with Gasteiger partial charge in [0.25, 0.3) is 15.9 Å². The fraction of sp³-hybridized carbons (Fsp3) is 0.300. The predicted molar refractivity (Wildman–Crippen MR) is 118 cm³/mol. The highest BCUT2D eigenvalue weighted by Gasteiger charge is 2.43. The van der Waals surface area contributed by atoms with Crippen molar-refractivity contribution in [1.82, 2.24) is 14.9 Å². The van der Waals surface area contributed by atoms with Gasteiger partial charge < -0.3 is 5.32 Å². The molecule has 1 aliphatic rings. The summed E-state index contributed by atoms with van der Waals surface area (Å²) in [5, 5.41) is 4.67. The zero-order chi connectivity index (χ0) is 23.7. The molecule has 1 atom stereocenters. The maximum absolute atomic E-state index is 12.8. The zero-order valence-corrected chi connectivity index (χ0v) is 19.4. The maximum atomic E-state index is 12.8. The highest BCUT2D eigenvalue weighted by molar-refractivity contribution is 7.92. The average molecular weight is 481 g/mol. The predicted octanol–water partition coefficient (Wildman–Crippen LogP) is 1.57. The molecule has 3 amide bonds. The number of rotatable bonds is 8. The lowest BCUT2D eigenvalue weighted by molar-refractivity contribution is -0.123. The number of hydrogen-bond acceptors (Lipinski definition) is 6. The third-order valence-electron chi connectivity index (χ3n) is 5.21. The van der Waals surface area contributed by atoms with Gasteiger partial charge in [-0.3, -0.25) is 14.8 Å². The molecule has 1 saturated heterocycles. The van der Waals surface area contributed by atoms with Crippen molar-refractivity contribution in [1.29, 1.82) is 0 Å². The minimum absolute atomic E-state index is 0.00180. The average Bonchev–Trinajstić information content (AvgIpc) is 3.01. The summed E-state index contributed by atoms with van der Waals surface area (Å²) in [5.74, 6) is -0.549. The monoisotopic (exact) mass is 480 g/mol. The van der Waals surface area contributed by atoms with Crippen LogP contribution in [0.2, 0.25) is 0 Å². The van der Waals surface area contributed by atoms with Gasteiger partial charge in [-0.2, -0.15) is 4.31 Å². The van der Waals surface area contributed by atoms with Crippen molar-refractivity contribution in [2.75, 3.05) is 17.8 Å². The molecule has 0 radical (unpaired) electrons. The lowest BCUT2D eigenvalue weighted by atomic mass is 9.92. The van der Waals surface area contributed by atoms with Crippen molar-refractivity contribution in [3.05, 3.63) is 54.1 Å². The van der Waals surface area contributed by atoms with E-state index in [9.17, 15) is 26.4 Å². The minimum atomic E-state index is -4.04. The molecule has 1 aliphatic heterocycles. The first kappa shape index (κ1) is 23.7. The molecule has 3 N–H and O–H groups in total. The van der Waals surface area contributed by atoms with E-state index in [2.05, 4.69) is 15.4 Å². The number of sulfonamides is 2. The van der Waals surface area contributed by atoms with Gasteiger partial charge in [-0.05, 0) is 48.9 Å². The fourth-order valence-corrected chi connectivity index (χ4v) is 5.87. The van der Waals surface area contributed by atoms with E-state index in [1.807, 2.05) is 0 Å². The molecule has 0 bridgehead atoms. The third kappa shape index (κ3) is 4.33. The van der Waals surface area contributed by atoms with Crippen LogP contribution in [0.15, 0.2) is 58.3 Å². The molecule has 0 aliphatic carbocycles. The van der Waals surface area contributed by atoms with E-state index in [1.165, 1.54) is 47.6 Å². The molecule has 32 heavy (non-hydrogen) atoms.